The van der Waals surface area contributed by atoms with Crippen LogP contribution in [0.25, 0.3) is 0 Å². The topological polar surface area (TPSA) is 46.2 Å². The van der Waals surface area contributed by atoms with Gasteiger partial charge in [0.05, 0.1) is 6.61 Å². The molecule has 13 heavy (non-hydrogen) atoms. The molecular weight excluding hydrogens is 169 g/mol. The molecule has 1 atom stereocenters. The molecule has 1 aromatic carbocycles. The Labute approximate surface area is 77.2 Å². The van der Waals surface area contributed by atoms with Gasteiger partial charge in [0.2, 0.25) is 0 Å². The van der Waals surface area contributed by atoms with Gasteiger partial charge in [-0.25, -0.2) is 4.39 Å². The van der Waals surface area contributed by atoms with Crippen LogP contribution in [0, 0.1) is 5.82 Å². The maximum Gasteiger partial charge on any atom is 0.129 e. The number of benzene rings is 1. The number of hydrogen-bond donors (Lipinski definition) is 2. The normalized spacial score (nSPS) is 12.9. The Kier molecular flexibility index (Phi) is 3.39. The van der Waals surface area contributed by atoms with Crippen LogP contribution in [-0.4, -0.2) is 5.11 Å². The lowest BCUT2D eigenvalue weighted by Gasteiger charge is -2.13. The Hall–Kier alpha value is -0.930. The summed E-state index contributed by atoms with van der Waals surface area (Å²) in [6.45, 7) is 1.63. The maximum absolute atomic E-state index is 13.1. The summed E-state index contributed by atoms with van der Waals surface area (Å²) in [6.07, 6.45) is 0.733. The third-order valence-corrected chi connectivity index (χ3v) is 2.15. The lowest BCUT2D eigenvalue weighted by Crippen LogP contribution is -2.12. The molecule has 0 aliphatic carbocycles. The Morgan fingerprint density at radius 2 is 2.23 bits per heavy atom. The average Bonchev–Trinajstić information content (AvgIpc) is 2.16. The van der Waals surface area contributed by atoms with Crippen LogP contribution in [-0.2, 0) is 6.61 Å². The molecule has 0 saturated carbocycles. The maximum atomic E-state index is 13.1. The Balaban J connectivity index is 3.12. The largest absolute Gasteiger partial charge is 0.392 e. The fourth-order valence-corrected chi connectivity index (χ4v) is 1.31. The van der Waals surface area contributed by atoms with E-state index in [-0.39, 0.29) is 18.5 Å². The van der Waals surface area contributed by atoms with Crippen LogP contribution in [0.1, 0.15) is 30.5 Å². The molecule has 0 fully saturated rings. The van der Waals surface area contributed by atoms with Crippen LogP contribution < -0.4 is 5.73 Å². The summed E-state index contributed by atoms with van der Waals surface area (Å²) in [5.74, 6) is -0.385. The molecule has 72 valence electrons. The molecule has 2 nitrogen and oxygen atoms in total. The fourth-order valence-electron chi connectivity index (χ4n) is 1.31. The SMILES string of the molecule is CC[C@H](N)c1cccc(F)c1CO. The lowest BCUT2D eigenvalue weighted by atomic mass is 9.99. The molecule has 3 N–H and O–H groups in total. The molecule has 0 unspecified atom stereocenters. The Bertz CT molecular complexity index is 288. The molecule has 0 aliphatic rings. The summed E-state index contributed by atoms with van der Waals surface area (Å²) in [6, 6.07) is 4.50. The van der Waals surface area contributed by atoms with Crippen molar-refractivity contribution in [1.82, 2.24) is 0 Å². The molecule has 0 saturated heterocycles. The molecule has 1 rings (SSSR count). The van der Waals surface area contributed by atoms with Crippen molar-refractivity contribution in [2.75, 3.05) is 0 Å². The molecule has 1 aromatic rings. The van der Waals surface area contributed by atoms with Gasteiger partial charge in [-0.3, -0.25) is 0 Å². The number of hydrogen-bond acceptors (Lipinski definition) is 2. The minimum atomic E-state index is -0.385. The summed E-state index contributed by atoms with van der Waals surface area (Å²) in [5, 5.41) is 8.95. The molecule has 0 amide bonds. The summed E-state index contributed by atoms with van der Waals surface area (Å²) < 4.78 is 13.1. The van der Waals surface area contributed by atoms with Crippen molar-refractivity contribution in [3.8, 4) is 0 Å². The Morgan fingerprint density at radius 1 is 1.54 bits per heavy atom. The van der Waals surface area contributed by atoms with Crippen LogP contribution >= 0.6 is 0 Å². The molecule has 0 aromatic heterocycles. The van der Waals surface area contributed by atoms with Gasteiger partial charge in [0, 0.05) is 11.6 Å². The van der Waals surface area contributed by atoms with E-state index in [1.54, 1.807) is 12.1 Å². The quantitative estimate of drug-likeness (QED) is 0.749. The standard InChI is InChI=1S/C10H14FNO/c1-2-10(12)7-4-3-5-9(11)8(7)6-13/h3-5,10,13H,2,6,12H2,1H3/t10-/m0/s1. The monoisotopic (exact) mass is 183 g/mol. The first kappa shape index (κ1) is 10.2. The minimum Gasteiger partial charge on any atom is -0.392 e. The second kappa shape index (κ2) is 4.35. The molecule has 0 bridgehead atoms. The van der Waals surface area contributed by atoms with E-state index in [0.717, 1.165) is 6.42 Å². The van der Waals surface area contributed by atoms with Crippen molar-refractivity contribution in [1.29, 1.82) is 0 Å². The van der Waals surface area contributed by atoms with Gasteiger partial charge < -0.3 is 10.8 Å². The first-order chi connectivity index (χ1) is 6.20. The van der Waals surface area contributed by atoms with Crippen molar-refractivity contribution in [3.05, 3.63) is 35.1 Å². The second-order valence-electron chi connectivity index (χ2n) is 2.98. The van der Waals surface area contributed by atoms with E-state index in [4.69, 9.17) is 10.8 Å². The van der Waals surface area contributed by atoms with Gasteiger partial charge >= 0.3 is 0 Å². The van der Waals surface area contributed by atoms with E-state index < -0.39 is 0 Å². The molecule has 0 aliphatic heterocycles. The highest BCUT2D eigenvalue weighted by molar-refractivity contribution is 5.30. The van der Waals surface area contributed by atoms with E-state index >= 15 is 0 Å². The predicted octanol–water partition coefficient (Wildman–Crippen LogP) is 1.73. The van der Waals surface area contributed by atoms with Crippen molar-refractivity contribution >= 4 is 0 Å². The minimum absolute atomic E-state index is 0.196. The first-order valence-corrected chi connectivity index (χ1v) is 4.34. The number of rotatable bonds is 3. The molecule has 0 spiro atoms. The van der Waals surface area contributed by atoms with E-state index in [0.29, 0.717) is 11.1 Å². The summed E-state index contributed by atoms with van der Waals surface area (Å²) in [7, 11) is 0. The van der Waals surface area contributed by atoms with Crippen LogP contribution in [0.5, 0.6) is 0 Å². The number of aliphatic hydroxyl groups is 1. The molecule has 0 radical (unpaired) electrons. The van der Waals surface area contributed by atoms with Crippen molar-refractivity contribution in [2.24, 2.45) is 5.73 Å². The lowest BCUT2D eigenvalue weighted by molar-refractivity contribution is 0.273. The van der Waals surface area contributed by atoms with Gasteiger partial charge in [0.25, 0.3) is 0 Å². The summed E-state index contributed by atoms with van der Waals surface area (Å²) in [5.41, 5.74) is 6.78. The number of nitrogens with two attached hydrogens (primary N) is 1. The summed E-state index contributed by atoms with van der Waals surface area (Å²) >= 11 is 0. The van der Waals surface area contributed by atoms with E-state index in [2.05, 4.69) is 0 Å². The Morgan fingerprint density at radius 3 is 2.77 bits per heavy atom. The number of aliphatic hydroxyl groups excluding tert-OH is 1. The van der Waals surface area contributed by atoms with Gasteiger partial charge in [-0.05, 0) is 18.1 Å². The zero-order chi connectivity index (χ0) is 9.84. The molecule has 0 heterocycles. The third kappa shape index (κ3) is 2.05. The van der Waals surface area contributed by atoms with Crippen LogP contribution in [0.15, 0.2) is 18.2 Å². The highest BCUT2D eigenvalue weighted by Gasteiger charge is 2.11. The van der Waals surface area contributed by atoms with Crippen LogP contribution in [0.2, 0.25) is 0 Å². The number of halogens is 1. The molecular formula is C10H14FNO. The predicted molar refractivity (Wildman–Crippen MR) is 49.5 cm³/mol. The van der Waals surface area contributed by atoms with E-state index in [1.807, 2.05) is 6.92 Å². The van der Waals surface area contributed by atoms with Crippen molar-refractivity contribution in [3.63, 3.8) is 0 Å². The van der Waals surface area contributed by atoms with E-state index in [9.17, 15) is 4.39 Å². The second-order valence-corrected chi connectivity index (χ2v) is 2.98. The van der Waals surface area contributed by atoms with Crippen molar-refractivity contribution in [2.45, 2.75) is 26.0 Å². The van der Waals surface area contributed by atoms with Crippen molar-refractivity contribution < 1.29 is 9.50 Å². The van der Waals surface area contributed by atoms with Gasteiger partial charge in [-0.15, -0.1) is 0 Å². The van der Waals surface area contributed by atoms with Crippen LogP contribution in [0.3, 0.4) is 0 Å². The average molecular weight is 183 g/mol. The van der Waals surface area contributed by atoms with Crippen LogP contribution in [0.4, 0.5) is 4.39 Å². The first-order valence-electron chi connectivity index (χ1n) is 4.34. The zero-order valence-corrected chi connectivity index (χ0v) is 7.63. The third-order valence-electron chi connectivity index (χ3n) is 2.15. The molecule has 3 heteroatoms. The smallest absolute Gasteiger partial charge is 0.129 e. The van der Waals surface area contributed by atoms with Gasteiger partial charge in [0.1, 0.15) is 5.82 Å². The van der Waals surface area contributed by atoms with E-state index in [1.165, 1.54) is 6.07 Å². The highest BCUT2D eigenvalue weighted by Crippen LogP contribution is 2.21. The van der Waals surface area contributed by atoms with Gasteiger partial charge in [-0.2, -0.15) is 0 Å². The summed E-state index contributed by atoms with van der Waals surface area (Å²) in [4.78, 5) is 0. The highest BCUT2D eigenvalue weighted by atomic mass is 19.1. The van der Waals surface area contributed by atoms with Gasteiger partial charge in [-0.1, -0.05) is 19.1 Å². The fraction of sp³-hybridized carbons (Fsp3) is 0.400. The zero-order valence-electron chi connectivity index (χ0n) is 7.63. The van der Waals surface area contributed by atoms with Gasteiger partial charge in [0.15, 0.2) is 0 Å².